The zero-order valence-electron chi connectivity index (χ0n) is 11.0. The summed E-state index contributed by atoms with van der Waals surface area (Å²) >= 11 is 0. The van der Waals surface area contributed by atoms with Gasteiger partial charge in [0.2, 0.25) is 0 Å². The van der Waals surface area contributed by atoms with Gasteiger partial charge in [0.25, 0.3) is 5.69 Å². The number of benzene rings is 1. The molecule has 1 aromatic heterocycles. The summed E-state index contributed by atoms with van der Waals surface area (Å²) in [7, 11) is 2.88. The predicted molar refractivity (Wildman–Crippen MR) is 70.0 cm³/mol. The maximum absolute atomic E-state index is 11.1. The molecule has 2 rings (SSSR count). The van der Waals surface area contributed by atoms with Crippen LogP contribution in [-0.4, -0.2) is 24.3 Å². The minimum Gasteiger partial charge on any atom is -0.493 e. The Kier molecular flexibility index (Phi) is 4.04. The van der Waals surface area contributed by atoms with Gasteiger partial charge in [0.05, 0.1) is 38.0 Å². The SMILES string of the molecule is COc1cc(NCc2ccno2)c([N+](=O)[O-])cc1OC. The molecule has 8 heteroatoms. The third-order valence-electron chi connectivity index (χ3n) is 2.64. The highest BCUT2D eigenvalue weighted by molar-refractivity contribution is 5.68. The molecule has 0 fully saturated rings. The summed E-state index contributed by atoms with van der Waals surface area (Å²) in [5, 5.41) is 17.6. The van der Waals surface area contributed by atoms with Crippen molar-refractivity contribution >= 4 is 11.4 Å². The zero-order chi connectivity index (χ0) is 14.5. The van der Waals surface area contributed by atoms with E-state index >= 15 is 0 Å². The smallest absolute Gasteiger partial charge is 0.296 e. The topological polar surface area (TPSA) is 99.7 Å². The average Bonchev–Trinajstić information content (AvgIpc) is 2.97. The number of nitrogens with zero attached hydrogens (tertiary/aromatic N) is 2. The van der Waals surface area contributed by atoms with Gasteiger partial charge >= 0.3 is 0 Å². The fraction of sp³-hybridized carbons (Fsp3) is 0.250. The lowest BCUT2D eigenvalue weighted by atomic mass is 10.2. The molecule has 2 aromatic rings. The van der Waals surface area contributed by atoms with Crippen molar-refractivity contribution in [1.82, 2.24) is 5.16 Å². The molecular formula is C12H13N3O5. The number of rotatable bonds is 6. The molecule has 0 aliphatic heterocycles. The standard InChI is InChI=1S/C12H13N3O5/c1-18-11-5-9(13-7-8-3-4-14-20-8)10(15(16)17)6-12(11)19-2/h3-6,13H,7H2,1-2H3. The molecule has 1 heterocycles. The highest BCUT2D eigenvalue weighted by atomic mass is 16.6. The van der Waals surface area contributed by atoms with Gasteiger partial charge in [-0.25, -0.2) is 0 Å². The average molecular weight is 279 g/mol. The first kappa shape index (κ1) is 13.7. The van der Waals surface area contributed by atoms with Crippen molar-refractivity contribution in [3.05, 3.63) is 40.3 Å². The summed E-state index contributed by atoms with van der Waals surface area (Å²) in [4.78, 5) is 10.6. The number of hydrogen-bond acceptors (Lipinski definition) is 7. The van der Waals surface area contributed by atoms with E-state index in [1.54, 1.807) is 6.07 Å². The first-order valence-corrected chi connectivity index (χ1v) is 5.69. The minimum atomic E-state index is -0.495. The zero-order valence-corrected chi connectivity index (χ0v) is 11.0. The first-order valence-electron chi connectivity index (χ1n) is 5.69. The summed E-state index contributed by atoms with van der Waals surface area (Å²) in [5.41, 5.74) is 0.200. The molecule has 0 amide bonds. The quantitative estimate of drug-likeness (QED) is 0.639. The Morgan fingerprint density at radius 2 is 2.05 bits per heavy atom. The van der Waals surface area contributed by atoms with Crippen molar-refractivity contribution in [2.75, 3.05) is 19.5 Å². The van der Waals surface area contributed by atoms with Gasteiger partial charge in [0.1, 0.15) is 5.69 Å². The molecule has 0 aliphatic rings. The summed E-state index contributed by atoms with van der Waals surface area (Å²) in [6.07, 6.45) is 1.50. The van der Waals surface area contributed by atoms with Crippen molar-refractivity contribution in [3.63, 3.8) is 0 Å². The molecule has 0 unspecified atom stereocenters. The Labute approximate surface area is 114 Å². The number of methoxy groups -OCH3 is 2. The van der Waals surface area contributed by atoms with E-state index in [4.69, 9.17) is 14.0 Å². The van der Waals surface area contributed by atoms with Crippen LogP contribution in [0.4, 0.5) is 11.4 Å². The van der Waals surface area contributed by atoms with Crippen molar-refractivity contribution in [2.24, 2.45) is 0 Å². The van der Waals surface area contributed by atoms with Crippen molar-refractivity contribution in [2.45, 2.75) is 6.54 Å². The van der Waals surface area contributed by atoms with Gasteiger partial charge in [0.15, 0.2) is 17.3 Å². The second kappa shape index (κ2) is 5.91. The van der Waals surface area contributed by atoms with E-state index in [1.165, 1.54) is 32.5 Å². The van der Waals surface area contributed by atoms with Gasteiger partial charge < -0.3 is 19.3 Å². The molecule has 8 nitrogen and oxygen atoms in total. The van der Waals surface area contributed by atoms with Gasteiger partial charge in [-0.15, -0.1) is 0 Å². The van der Waals surface area contributed by atoms with Crippen molar-refractivity contribution < 1.29 is 18.9 Å². The summed E-state index contributed by atoms with van der Waals surface area (Å²) < 4.78 is 15.1. The van der Waals surface area contributed by atoms with E-state index in [2.05, 4.69) is 10.5 Å². The summed E-state index contributed by atoms with van der Waals surface area (Å²) in [6.45, 7) is 0.274. The molecule has 0 atom stereocenters. The molecule has 20 heavy (non-hydrogen) atoms. The molecule has 0 aliphatic carbocycles. The van der Waals surface area contributed by atoms with Crippen LogP contribution in [0.15, 0.2) is 28.9 Å². The number of nitrogens with one attached hydrogen (secondary N) is 1. The molecule has 1 N–H and O–H groups in total. The van der Waals surface area contributed by atoms with Gasteiger partial charge in [-0.3, -0.25) is 10.1 Å². The lowest BCUT2D eigenvalue weighted by Crippen LogP contribution is -2.03. The number of aromatic nitrogens is 1. The van der Waals surface area contributed by atoms with Crippen LogP contribution >= 0.6 is 0 Å². The Morgan fingerprint density at radius 3 is 2.60 bits per heavy atom. The molecular weight excluding hydrogens is 266 g/mol. The van der Waals surface area contributed by atoms with Gasteiger partial charge in [0, 0.05) is 12.1 Å². The highest BCUT2D eigenvalue weighted by Crippen LogP contribution is 2.37. The molecule has 0 spiro atoms. The second-order valence-electron chi connectivity index (χ2n) is 3.81. The number of nitro groups is 1. The van der Waals surface area contributed by atoms with E-state index in [9.17, 15) is 10.1 Å². The Balaban J connectivity index is 2.31. The van der Waals surface area contributed by atoms with Gasteiger partial charge in [-0.2, -0.15) is 0 Å². The number of anilines is 1. The van der Waals surface area contributed by atoms with Gasteiger partial charge in [-0.05, 0) is 0 Å². The van der Waals surface area contributed by atoms with Crippen LogP contribution in [0.3, 0.4) is 0 Å². The molecule has 0 radical (unpaired) electrons. The van der Waals surface area contributed by atoms with Crippen LogP contribution in [0, 0.1) is 10.1 Å². The van der Waals surface area contributed by atoms with Gasteiger partial charge in [-0.1, -0.05) is 5.16 Å². The predicted octanol–water partition coefficient (Wildman–Crippen LogP) is 2.21. The third kappa shape index (κ3) is 2.79. The maximum Gasteiger partial charge on any atom is 0.296 e. The van der Waals surface area contributed by atoms with Crippen LogP contribution in [0.2, 0.25) is 0 Å². The van der Waals surface area contributed by atoms with Crippen LogP contribution in [0.25, 0.3) is 0 Å². The van der Waals surface area contributed by atoms with E-state index in [-0.39, 0.29) is 12.2 Å². The van der Waals surface area contributed by atoms with E-state index in [0.29, 0.717) is 22.9 Å². The highest BCUT2D eigenvalue weighted by Gasteiger charge is 2.19. The number of nitro benzene ring substituents is 1. The molecule has 0 saturated carbocycles. The fourth-order valence-electron chi connectivity index (χ4n) is 1.68. The van der Waals surface area contributed by atoms with Crippen LogP contribution in [-0.2, 0) is 6.54 Å². The Bertz CT molecular complexity index is 597. The lowest BCUT2D eigenvalue weighted by Gasteiger charge is -2.11. The maximum atomic E-state index is 11.1. The van der Waals surface area contributed by atoms with Crippen molar-refractivity contribution in [3.8, 4) is 11.5 Å². The summed E-state index contributed by atoms with van der Waals surface area (Å²) in [5.74, 6) is 1.26. The third-order valence-corrected chi connectivity index (χ3v) is 2.64. The number of ether oxygens (including phenoxy) is 2. The second-order valence-corrected chi connectivity index (χ2v) is 3.81. The Morgan fingerprint density at radius 1 is 1.35 bits per heavy atom. The van der Waals surface area contributed by atoms with Crippen molar-refractivity contribution in [1.29, 1.82) is 0 Å². The molecule has 0 bridgehead atoms. The van der Waals surface area contributed by atoms with Crippen LogP contribution in [0.1, 0.15) is 5.76 Å². The normalized spacial score (nSPS) is 10.1. The molecule has 106 valence electrons. The largest absolute Gasteiger partial charge is 0.493 e. The Hall–Kier alpha value is -2.77. The number of hydrogen-bond donors (Lipinski definition) is 1. The van der Waals surface area contributed by atoms with Crippen LogP contribution < -0.4 is 14.8 Å². The first-order chi connectivity index (χ1) is 9.65. The van der Waals surface area contributed by atoms with Crippen LogP contribution in [0.5, 0.6) is 11.5 Å². The molecule has 0 saturated heterocycles. The molecule has 1 aromatic carbocycles. The minimum absolute atomic E-state index is 0.109. The fourth-order valence-corrected chi connectivity index (χ4v) is 1.68. The van der Waals surface area contributed by atoms with E-state index < -0.39 is 4.92 Å². The van der Waals surface area contributed by atoms with E-state index in [0.717, 1.165) is 0 Å². The monoisotopic (exact) mass is 279 g/mol. The summed E-state index contributed by atoms with van der Waals surface area (Å²) in [6, 6.07) is 4.48. The van der Waals surface area contributed by atoms with E-state index in [1.807, 2.05) is 0 Å². The lowest BCUT2D eigenvalue weighted by molar-refractivity contribution is -0.384.